The maximum Gasteiger partial charge on any atom is 0.130 e. The van der Waals surface area contributed by atoms with E-state index in [1.54, 1.807) is 0 Å². The maximum atomic E-state index is 5.86. The van der Waals surface area contributed by atoms with Gasteiger partial charge in [-0.3, -0.25) is 0 Å². The number of para-hydroxylation sites is 1. The second-order valence-corrected chi connectivity index (χ2v) is 4.21. The van der Waals surface area contributed by atoms with E-state index >= 15 is 0 Å². The van der Waals surface area contributed by atoms with Crippen LogP contribution in [0.3, 0.4) is 0 Å². The topological polar surface area (TPSA) is 9.23 Å². The summed E-state index contributed by atoms with van der Waals surface area (Å²) in [6, 6.07) is 14.9. The molecule has 0 saturated carbocycles. The second kappa shape index (κ2) is 3.67. The first-order valence-corrected chi connectivity index (χ1v) is 5.67. The van der Waals surface area contributed by atoms with Gasteiger partial charge in [-0.25, -0.2) is 0 Å². The van der Waals surface area contributed by atoms with Crippen LogP contribution >= 0.6 is 0 Å². The SMILES string of the molecule is Cc1cccc2c1OCCc1ccccc1-2. The van der Waals surface area contributed by atoms with E-state index in [1.807, 2.05) is 0 Å². The van der Waals surface area contributed by atoms with Crippen molar-refractivity contribution in [1.82, 2.24) is 0 Å². The van der Waals surface area contributed by atoms with Crippen LogP contribution < -0.4 is 4.74 Å². The first kappa shape index (κ1) is 9.46. The van der Waals surface area contributed by atoms with E-state index in [9.17, 15) is 0 Å². The number of hydrogen-bond acceptors (Lipinski definition) is 1. The van der Waals surface area contributed by atoms with E-state index in [0.29, 0.717) is 0 Å². The molecule has 2 aromatic carbocycles. The zero-order valence-corrected chi connectivity index (χ0v) is 9.36. The molecule has 1 aliphatic rings. The molecule has 80 valence electrons. The number of aryl methyl sites for hydroxylation is 1. The summed E-state index contributed by atoms with van der Waals surface area (Å²) in [5, 5.41) is 0. The molecule has 2 aromatic rings. The van der Waals surface area contributed by atoms with Crippen LogP contribution in [0.25, 0.3) is 11.1 Å². The number of rotatable bonds is 0. The summed E-state index contributed by atoms with van der Waals surface area (Å²) < 4.78 is 5.86. The second-order valence-electron chi connectivity index (χ2n) is 4.21. The zero-order chi connectivity index (χ0) is 11.0. The quantitative estimate of drug-likeness (QED) is 0.645. The lowest BCUT2D eigenvalue weighted by molar-refractivity contribution is 0.324. The van der Waals surface area contributed by atoms with Crippen molar-refractivity contribution >= 4 is 0 Å². The first-order valence-electron chi connectivity index (χ1n) is 5.67. The first-order chi connectivity index (χ1) is 7.86. The molecule has 1 heterocycles. The van der Waals surface area contributed by atoms with Gasteiger partial charge in [0.1, 0.15) is 5.75 Å². The largest absolute Gasteiger partial charge is 0.492 e. The van der Waals surface area contributed by atoms with Crippen LogP contribution in [0.2, 0.25) is 0 Å². The summed E-state index contributed by atoms with van der Waals surface area (Å²) in [5.41, 5.74) is 5.15. The van der Waals surface area contributed by atoms with Crippen molar-refractivity contribution in [3.63, 3.8) is 0 Å². The highest BCUT2D eigenvalue weighted by molar-refractivity contribution is 5.75. The molecular weight excluding hydrogens is 196 g/mol. The molecule has 0 fully saturated rings. The van der Waals surface area contributed by atoms with Gasteiger partial charge in [-0.2, -0.15) is 0 Å². The van der Waals surface area contributed by atoms with E-state index in [4.69, 9.17) is 4.74 Å². The molecule has 0 atom stereocenters. The van der Waals surface area contributed by atoms with Crippen LogP contribution in [0.5, 0.6) is 5.75 Å². The van der Waals surface area contributed by atoms with Gasteiger partial charge in [0.2, 0.25) is 0 Å². The molecule has 0 N–H and O–H groups in total. The van der Waals surface area contributed by atoms with Crippen LogP contribution in [0.15, 0.2) is 42.5 Å². The number of ether oxygens (including phenoxy) is 1. The monoisotopic (exact) mass is 210 g/mol. The van der Waals surface area contributed by atoms with Crippen molar-refractivity contribution in [1.29, 1.82) is 0 Å². The molecule has 1 aliphatic heterocycles. The lowest BCUT2D eigenvalue weighted by atomic mass is 9.97. The summed E-state index contributed by atoms with van der Waals surface area (Å²) in [7, 11) is 0. The smallest absolute Gasteiger partial charge is 0.130 e. The number of hydrogen-bond donors (Lipinski definition) is 0. The van der Waals surface area contributed by atoms with Crippen LogP contribution in [0.1, 0.15) is 11.1 Å². The van der Waals surface area contributed by atoms with Gasteiger partial charge in [-0.05, 0) is 23.6 Å². The van der Waals surface area contributed by atoms with Crippen molar-refractivity contribution < 1.29 is 4.74 Å². The molecule has 1 nitrogen and oxygen atoms in total. The Morgan fingerprint density at radius 3 is 2.69 bits per heavy atom. The molecule has 1 heteroatoms. The standard InChI is InChI=1S/C15H14O/c1-11-5-4-8-14-13-7-3-2-6-12(13)9-10-16-15(11)14/h2-8H,9-10H2,1H3. The third-order valence-corrected chi connectivity index (χ3v) is 3.14. The van der Waals surface area contributed by atoms with E-state index in [-0.39, 0.29) is 0 Å². The minimum atomic E-state index is 0.773. The highest BCUT2D eigenvalue weighted by Gasteiger charge is 2.15. The number of fused-ring (bicyclic) bond motifs is 3. The van der Waals surface area contributed by atoms with Crippen LogP contribution in [0.4, 0.5) is 0 Å². The van der Waals surface area contributed by atoms with Gasteiger partial charge < -0.3 is 4.74 Å². The minimum absolute atomic E-state index is 0.773. The predicted molar refractivity (Wildman–Crippen MR) is 65.8 cm³/mol. The van der Waals surface area contributed by atoms with Crippen LogP contribution in [-0.4, -0.2) is 6.61 Å². The molecule has 0 saturated heterocycles. The summed E-state index contributed by atoms with van der Waals surface area (Å²) in [4.78, 5) is 0. The van der Waals surface area contributed by atoms with E-state index in [0.717, 1.165) is 18.8 Å². The van der Waals surface area contributed by atoms with Gasteiger partial charge in [0.25, 0.3) is 0 Å². The molecule has 3 rings (SSSR count). The Morgan fingerprint density at radius 2 is 1.75 bits per heavy atom. The highest BCUT2D eigenvalue weighted by atomic mass is 16.5. The molecule has 0 amide bonds. The van der Waals surface area contributed by atoms with Crippen molar-refractivity contribution in [3.05, 3.63) is 53.6 Å². The highest BCUT2D eigenvalue weighted by Crippen LogP contribution is 2.37. The lowest BCUT2D eigenvalue weighted by Crippen LogP contribution is -1.99. The summed E-state index contributed by atoms with van der Waals surface area (Å²) in [5.74, 6) is 1.05. The van der Waals surface area contributed by atoms with E-state index in [2.05, 4.69) is 49.4 Å². The Balaban J connectivity index is 2.30. The van der Waals surface area contributed by atoms with E-state index in [1.165, 1.54) is 22.3 Å². The molecule has 0 unspecified atom stereocenters. The molecule has 0 aliphatic carbocycles. The molecule has 0 spiro atoms. The molecule has 0 bridgehead atoms. The van der Waals surface area contributed by atoms with Gasteiger partial charge in [0, 0.05) is 12.0 Å². The summed E-state index contributed by atoms with van der Waals surface area (Å²) in [6.07, 6.45) is 0.990. The van der Waals surface area contributed by atoms with Gasteiger partial charge >= 0.3 is 0 Å². The number of benzene rings is 2. The molecule has 16 heavy (non-hydrogen) atoms. The molecular formula is C15H14O. The normalized spacial score (nSPS) is 13.3. The van der Waals surface area contributed by atoms with E-state index < -0.39 is 0 Å². The third kappa shape index (κ3) is 1.40. The zero-order valence-electron chi connectivity index (χ0n) is 9.36. The Kier molecular flexibility index (Phi) is 2.17. The Hall–Kier alpha value is -1.76. The van der Waals surface area contributed by atoms with Crippen LogP contribution in [0, 0.1) is 6.92 Å². The van der Waals surface area contributed by atoms with Gasteiger partial charge in [0.15, 0.2) is 0 Å². The molecule has 0 radical (unpaired) electrons. The Morgan fingerprint density at radius 1 is 0.938 bits per heavy atom. The van der Waals surface area contributed by atoms with Crippen molar-refractivity contribution in [3.8, 4) is 16.9 Å². The van der Waals surface area contributed by atoms with Crippen molar-refractivity contribution in [2.24, 2.45) is 0 Å². The fraction of sp³-hybridized carbons (Fsp3) is 0.200. The fourth-order valence-electron chi connectivity index (χ4n) is 2.32. The summed E-state index contributed by atoms with van der Waals surface area (Å²) in [6.45, 7) is 2.88. The van der Waals surface area contributed by atoms with Gasteiger partial charge in [-0.1, -0.05) is 42.5 Å². The lowest BCUT2D eigenvalue weighted by Gasteiger charge is -2.10. The third-order valence-electron chi connectivity index (χ3n) is 3.14. The van der Waals surface area contributed by atoms with Crippen molar-refractivity contribution in [2.45, 2.75) is 13.3 Å². The van der Waals surface area contributed by atoms with Crippen molar-refractivity contribution in [2.75, 3.05) is 6.61 Å². The summed E-state index contributed by atoms with van der Waals surface area (Å²) >= 11 is 0. The van der Waals surface area contributed by atoms with Gasteiger partial charge in [0.05, 0.1) is 6.61 Å². The molecule has 0 aromatic heterocycles. The Bertz CT molecular complexity index is 529. The van der Waals surface area contributed by atoms with Gasteiger partial charge in [-0.15, -0.1) is 0 Å². The fourth-order valence-corrected chi connectivity index (χ4v) is 2.32. The average molecular weight is 210 g/mol. The Labute approximate surface area is 95.7 Å². The van der Waals surface area contributed by atoms with Crippen LogP contribution in [-0.2, 0) is 6.42 Å². The average Bonchev–Trinajstić information content (AvgIpc) is 2.50. The maximum absolute atomic E-state index is 5.86. The minimum Gasteiger partial charge on any atom is -0.492 e. The predicted octanol–water partition coefficient (Wildman–Crippen LogP) is 3.60.